The van der Waals surface area contributed by atoms with Crippen LogP contribution in [0.3, 0.4) is 0 Å². The Kier molecular flexibility index (Phi) is 5.53. The van der Waals surface area contributed by atoms with Crippen molar-refractivity contribution in [3.8, 4) is 0 Å². The minimum Gasteiger partial charge on any atom is -0.398 e. The van der Waals surface area contributed by atoms with Crippen molar-refractivity contribution in [2.24, 2.45) is 11.7 Å². The number of likely N-dealkylation sites (tertiary alicyclic amines) is 1. The third kappa shape index (κ3) is 4.40. The van der Waals surface area contributed by atoms with Crippen LogP contribution in [0.15, 0.2) is 48.5 Å². The number of nitrogens with zero attached hydrogens (tertiary/aromatic N) is 1. The molecule has 2 aromatic rings. The van der Waals surface area contributed by atoms with Crippen LogP contribution in [0.1, 0.15) is 28.8 Å². The van der Waals surface area contributed by atoms with Crippen LogP contribution in [-0.2, 0) is 11.3 Å². The molecule has 6 nitrogen and oxygen atoms in total. The van der Waals surface area contributed by atoms with Gasteiger partial charge in [-0.2, -0.15) is 0 Å². The van der Waals surface area contributed by atoms with Gasteiger partial charge in [0.1, 0.15) is 0 Å². The maximum absolute atomic E-state index is 12.4. The molecule has 0 aromatic heterocycles. The molecular weight excluding hydrogens is 328 g/mol. The maximum atomic E-state index is 12.4. The molecule has 0 bridgehead atoms. The SMILES string of the molecule is NC(=O)C1CCN(Cc2cccc(NC(=O)c3ccccc3N)c2)CC1. The first-order chi connectivity index (χ1) is 12.5. The number of para-hydroxylation sites is 1. The molecular formula is C20H24N4O2. The Labute approximate surface area is 153 Å². The van der Waals surface area contributed by atoms with Gasteiger partial charge >= 0.3 is 0 Å². The first-order valence-corrected chi connectivity index (χ1v) is 8.79. The Morgan fingerprint density at radius 2 is 1.81 bits per heavy atom. The Hall–Kier alpha value is -2.86. The van der Waals surface area contributed by atoms with E-state index < -0.39 is 0 Å². The zero-order chi connectivity index (χ0) is 18.5. The molecule has 136 valence electrons. The summed E-state index contributed by atoms with van der Waals surface area (Å²) < 4.78 is 0. The van der Waals surface area contributed by atoms with Crippen LogP contribution in [0, 0.1) is 5.92 Å². The number of carbonyl (C=O) groups is 2. The van der Waals surface area contributed by atoms with Gasteiger partial charge in [-0.15, -0.1) is 0 Å². The second kappa shape index (κ2) is 8.01. The highest BCUT2D eigenvalue weighted by Crippen LogP contribution is 2.20. The molecule has 3 rings (SSSR count). The fourth-order valence-electron chi connectivity index (χ4n) is 3.28. The van der Waals surface area contributed by atoms with Gasteiger partial charge in [-0.05, 0) is 55.8 Å². The topological polar surface area (TPSA) is 101 Å². The van der Waals surface area contributed by atoms with Gasteiger partial charge in [0.15, 0.2) is 0 Å². The zero-order valence-electron chi connectivity index (χ0n) is 14.7. The molecule has 0 radical (unpaired) electrons. The van der Waals surface area contributed by atoms with E-state index in [4.69, 9.17) is 11.5 Å². The predicted octanol–water partition coefficient (Wildman–Crippen LogP) is 2.22. The number of nitrogens with one attached hydrogen (secondary N) is 1. The number of carbonyl (C=O) groups excluding carboxylic acids is 2. The molecule has 1 fully saturated rings. The summed E-state index contributed by atoms with van der Waals surface area (Å²) in [5.41, 5.74) is 14.0. The number of anilines is 2. The van der Waals surface area contributed by atoms with E-state index in [1.54, 1.807) is 24.3 Å². The van der Waals surface area contributed by atoms with Gasteiger partial charge in [0, 0.05) is 23.8 Å². The number of rotatable bonds is 5. The standard InChI is InChI=1S/C20H24N4O2/c21-18-7-2-1-6-17(18)20(26)23-16-5-3-4-14(12-16)13-24-10-8-15(9-11-24)19(22)25/h1-7,12,15H,8-11,13,21H2,(H2,22,25)(H,23,26). The van der Waals surface area contributed by atoms with Crippen LogP contribution in [0.4, 0.5) is 11.4 Å². The molecule has 1 saturated heterocycles. The number of piperidine rings is 1. The number of primary amides is 1. The van der Waals surface area contributed by atoms with Gasteiger partial charge in [-0.3, -0.25) is 14.5 Å². The lowest BCUT2D eigenvalue weighted by molar-refractivity contribution is -0.123. The lowest BCUT2D eigenvalue weighted by Crippen LogP contribution is -2.38. The van der Waals surface area contributed by atoms with Crippen LogP contribution < -0.4 is 16.8 Å². The molecule has 6 heteroatoms. The average molecular weight is 352 g/mol. The fourth-order valence-corrected chi connectivity index (χ4v) is 3.28. The van der Waals surface area contributed by atoms with E-state index in [1.165, 1.54) is 0 Å². The number of hydrogen-bond acceptors (Lipinski definition) is 4. The van der Waals surface area contributed by atoms with Crippen LogP contribution in [-0.4, -0.2) is 29.8 Å². The molecule has 0 aliphatic carbocycles. The van der Waals surface area contributed by atoms with E-state index in [0.29, 0.717) is 11.3 Å². The third-order valence-electron chi connectivity index (χ3n) is 4.79. The minimum atomic E-state index is -0.220. The van der Waals surface area contributed by atoms with E-state index in [-0.39, 0.29) is 17.7 Å². The molecule has 0 spiro atoms. The van der Waals surface area contributed by atoms with Crippen LogP contribution in [0.2, 0.25) is 0 Å². The van der Waals surface area contributed by atoms with Crippen molar-refractivity contribution in [3.05, 3.63) is 59.7 Å². The second-order valence-electron chi connectivity index (χ2n) is 6.69. The first kappa shape index (κ1) is 17.9. The summed E-state index contributed by atoms with van der Waals surface area (Å²) in [6.07, 6.45) is 1.61. The molecule has 1 heterocycles. The van der Waals surface area contributed by atoms with E-state index in [0.717, 1.165) is 43.7 Å². The van der Waals surface area contributed by atoms with Crippen LogP contribution >= 0.6 is 0 Å². The van der Waals surface area contributed by atoms with Gasteiger partial charge in [0.2, 0.25) is 5.91 Å². The van der Waals surface area contributed by atoms with Crippen molar-refractivity contribution in [3.63, 3.8) is 0 Å². The lowest BCUT2D eigenvalue weighted by Gasteiger charge is -2.30. The molecule has 0 unspecified atom stereocenters. The van der Waals surface area contributed by atoms with Crippen molar-refractivity contribution in [2.75, 3.05) is 24.1 Å². The summed E-state index contributed by atoms with van der Waals surface area (Å²) in [6, 6.07) is 14.8. The minimum absolute atomic E-state index is 0.00629. The highest BCUT2D eigenvalue weighted by atomic mass is 16.2. The van der Waals surface area contributed by atoms with E-state index in [1.807, 2.05) is 24.3 Å². The van der Waals surface area contributed by atoms with E-state index in [9.17, 15) is 9.59 Å². The normalized spacial score (nSPS) is 15.5. The zero-order valence-corrected chi connectivity index (χ0v) is 14.7. The second-order valence-corrected chi connectivity index (χ2v) is 6.69. The molecule has 0 saturated carbocycles. The largest absolute Gasteiger partial charge is 0.398 e. The Morgan fingerprint density at radius 1 is 1.08 bits per heavy atom. The van der Waals surface area contributed by atoms with Crippen molar-refractivity contribution >= 4 is 23.2 Å². The number of nitrogen functional groups attached to an aromatic ring is 1. The van der Waals surface area contributed by atoms with Gasteiger partial charge in [-0.25, -0.2) is 0 Å². The summed E-state index contributed by atoms with van der Waals surface area (Å²) in [5, 5.41) is 2.90. The van der Waals surface area contributed by atoms with Gasteiger partial charge in [0.05, 0.1) is 5.56 Å². The smallest absolute Gasteiger partial charge is 0.257 e. The Bertz CT molecular complexity index is 798. The van der Waals surface area contributed by atoms with E-state index >= 15 is 0 Å². The molecule has 1 aliphatic rings. The summed E-state index contributed by atoms with van der Waals surface area (Å²) in [5.74, 6) is -0.426. The molecule has 5 N–H and O–H groups in total. The highest BCUT2D eigenvalue weighted by molar-refractivity contribution is 6.07. The lowest BCUT2D eigenvalue weighted by atomic mass is 9.96. The van der Waals surface area contributed by atoms with E-state index in [2.05, 4.69) is 10.2 Å². The monoisotopic (exact) mass is 352 g/mol. The van der Waals surface area contributed by atoms with Crippen molar-refractivity contribution in [2.45, 2.75) is 19.4 Å². The Morgan fingerprint density at radius 3 is 2.50 bits per heavy atom. The average Bonchev–Trinajstić information content (AvgIpc) is 2.63. The van der Waals surface area contributed by atoms with Gasteiger partial charge in [-0.1, -0.05) is 24.3 Å². The summed E-state index contributed by atoms with van der Waals surface area (Å²) in [4.78, 5) is 26.0. The summed E-state index contributed by atoms with van der Waals surface area (Å²) >= 11 is 0. The van der Waals surface area contributed by atoms with Gasteiger partial charge < -0.3 is 16.8 Å². The molecule has 2 aromatic carbocycles. The first-order valence-electron chi connectivity index (χ1n) is 8.79. The summed E-state index contributed by atoms with van der Waals surface area (Å²) in [7, 11) is 0. The molecule has 2 amide bonds. The van der Waals surface area contributed by atoms with Gasteiger partial charge in [0.25, 0.3) is 5.91 Å². The van der Waals surface area contributed by atoms with Crippen molar-refractivity contribution in [1.29, 1.82) is 0 Å². The van der Waals surface area contributed by atoms with Crippen molar-refractivity contribution < 1.29 is 9.59 Å². The summed E-state index contributed by atoms with van der Waals surface area (Å²) in [6.45, 7) is 2.48. The Balaban J connectivity index is 1.61. The molecule has 26 heavy (non-hydrogen) atoms. The highest BCUT2D eigenvalue weighted by Gasteiger charge is 2.23. The van der Waals surface area contributed by atoms with Crippen LogP contribution in [0.25, 0.3) is 0 Å². The molecule has 1 aliphatic heterocycles. The number of nitrogens with two attached hydrogens (primary N) is 2. The van der Waals surface area contributed by atoms with Crippen molar-refractivity contribution in [1.82, 2.24) is 4.90 Å². The number of amides is 2. The number of benzene rings is 2. The third-order valence-corrected chi connectivity index (χ3v) is 4.79. The molecule has 0 atom stereocenters. The van der Waals surface area contributed by atoms with Crippen LogP contribution in [0.5, 0.6) is 0 Å². The predicted molar refractivity (Wildman–Crippen MR) is 102 cm³/mol. The quantitative estimate of drug-likeness (QED) is 0.718. The maximum Gasteiger partial charge on any atom is 0.257 e. The fraction of sp³-hybridized carbons (Fsp3) is 0.300. The number of hydrogen-bond donors (Lipinski definition) is 3.